The number of aliphatic hydroxyl groups excluding tert-OH is 1. The van der Waals surface area contributed by atoms with Gasteiger partial charge in [0.1, 0.15) is 0 Å². The quantitative estimate of drug-likeness (QED) is 0.779. The van der Waals surface area contributed by atoms with Crippen LogP contribution in [0.3, 0.4) is 0 Å². The number of thiophene rings is 1. The summed E-state index contributed by atoms with van der Waals surface area (Å²) in [6.07, 6.45) is 0. The van der Waals surface area contributed by atoms with Gasteiger partial charge in [-0.2, -0.15) is 0 Å². The first-order chi connectivity index (χ1) is 10.6. The summed E-state index contributed by atoms with van der Waals surface area (Å²) < 4.78 is 0. The fraction of sp³-hybridized carbons (Fsp3) is 0.444. The highest BCUT2D eigenvalue weighted by Crippen LogP contribution is 2.26. The monoisotopic (exact) mass is 318 g/mol. The predicted octanol–water partition coefficient (Wildman–Crippen LogP) is 3.66. The summed E-state index contributed by atoms with van der Waals surface area (Å²) in [5.41, 5.74) is 2.42. The van der Waals surface area contributed by atoms with Crippen LogP contribution in [0.4, 0.5) is 5.69 Å². The maximum Gasteiger partial charge on any atom is 0.0606 e. The SMILES string of the molecule is CC(C)C(NCc1ccc(N(C)CCO)cc1)c1cccs1. The summed E-state index contributed by atoms with van der Waals surface area (Å²) in [6.45, 7) is 6.21. The molecule has 4 heteroatoms. The molecule has 1 unspecified atom stereocenters. The van der Waals surface area contributed by atoms with Crippen molar-refractivity contribution in [3.8, 4) is 0 Å². The summed E-state index contributed by atoms with van der Waals surface area (Å²) in [7, 11) is 2.00. The zero-order valence-electron chi connectivity index (χ0n) is 13.6. The van der Waals surface area contributed by atoms with Crippen molar-refractivity contribution in [2.24, 2.45) is 5.92 Å². The van der Waals surface area contributed by atoms with Crippen LogP contribution in [0.15, 0.2) is 41.8 Å². The van der Waals surface area contributed by atoms with Gasteiger partial charge in [0.05, 0.1) is 6.61 Å². The Balaban J connectivity index is 1.96. The Labute approximate surface area is 137 Å². The van der Waals surface area contributed by atoms with Crippen LogP contribution in [0, 0.1) is 5.92 Å². The van der Waals surface area contributed by atoms with E-state index in [9.17, 15) is 0 Å². The van der Waals surface area contributed by atoms with Crippen LogP contribution in [0.2, 0.25) is 0 Å². The highest BCUT2D eigenvalue weighted by molar-refractivity contribution is 7.10. The lowest BCUT2D eigenvalue weighted by Gasteiger charge is -2.22. The average Bonchev–Trinajstić information content (AvgIpc) is 3.02. The first-order valence-corrected chi connectivity index (χ1v) is 8.67. The zero-order chi connectivity index (χ0) is 15.9. The van der Waals surface area contributed by atoms with Crippen molar-refractivity contribution in [3.63, 3.8) is 0 Å². The van der Waals surface area contributed by atoms with Gasteiger partial charge in [-0.3, -0.25) is 0 Å². The summed E-state index contributed by atoms with van der Waals surface area (Å²) in [6, 6.07) is 13.3. The Morgan fingerprint density at radius 2 is 1.91 bits per heavy atom. The maximum absolute atomic E-state index is 8.99. The van der Waals surface area contributed by atoms with E-state index in [1.54, 1.807) is 0 Å². The highest BCUT2D eigenvalue weighted by Gasteiger charge is 2.15. The lowest BCUT2D eigenvalue weighted by Crippen LogP contribution is -2.24. The van der Waals surface area contributed by atoms with Gasteiger partial charge in [-0.25, -0.2) is 0 Å². The highest BCUT2D eigenvalue weighted by atomic mass is 32.1. The molecule has 0 bridgehead atoms. The molecule has 0 amide bonds. The molecule has 120 valence electrons. The number of nitrogens with zero attached hydrogens (tertiary/aromatic N) is 1. The fourth-order valence-electron chi connectivity index (χ4n) is 2.51. The van der Waals surface area contributed by atoms with Crippen molar-refractivity contribution in [3.05, 3.63) is 52.2 Å². The Morgan fingerprint density at radius 3 is 2.45 bits per heavy atom. The van der Waals surface area contributed by atoms with E-state index in [2.05, 4.69) is 65.8 Å². The normalized spacial score (nSPS) is 12.6. The van der Waals surface area contributed by atoms with E-state index >= 15 is 0 Å². The van der Waals surface area contributed by atoms with E-state index in [-0.39, 0.29) is 6.61 Å². The van der Waals surface area contributed by atoms with Gasteiger partial charge in [0.2, 0.25) is 0 Å². The first-order valence-electron chi connectivity index (χ1n) is 7.79. The maximum atomic E-state index is 8.99. The Hall–Kier alpha value is -1.36. The first kappa shape index (κ1) is 17.0. The number of nitrogens with one attached hydrogen (secondary N) is 1. The topological polar surface area (TPSA) is 35.5 Å². The molecule has 1 heterocycles. The molecule has 3 nitrogen and oxygen atoms in total. The second-order valence-electron chi connectivity index (χ2n) is 5.93. The lowest BCUT2D eigenvalue weighted by molar-refractivity contribution is 0.304. The third-order valence-corrected chi connectivity index (χ3v) is 4.81. The molecule has 0 aliphatic rings. The van der Waals surface area contributed by atoms with E-state index in [1.165, 1.54) is 10.4 Å². The van der Waals surface area contributed by atoms with E-state index in [4.69, 9.17) is 5.11 Å². The molecule has 2 aromatic rings. The van der Waals surface area contributed by atoms with Crippen molar-refractivity contribution < 1.29 is 5.11 Å². The van der Waals surface area contributed by atoms with E-state index < -0.39 is 0 Å². The third-order valence-electron chi connectivity index (χ3n) is 3.85. The molecule has 22 heavy (non-hydrogen) atoms. The molecule has 2 rings (SSSR count). The van der Waals surface area contributed by atoms with Gasteiger partial charge in [0.25, 0.3) is 0 Å². The van der Waals surface area contributed by atoms with Gasteiger partial charge in [0, 0.05) is 36.7 Å². The Bertz CT molecular complexity index is 537. The molecule has 0 saturated carbocycles. The van der Waals surface area contributed by atoms with Crippen molar-refractivity contribution >= 4 is 17.0 Å². The minimum Gasteiger partial charge on any atom is -0.395 e. The van der Waals surface area contributed by atoms with Crippen LogP contribution in [0.5, 0.6) is 0 Å². The molecule has 2 N–H and O–H groups in total. The second kappa shape index (κ2) is 8.32. The number of benzene rings is 1. The van der Waals surface area contributed by atoms with Gasteiger partial charge < -0.3 is 15.3 Å². The Morgan fingerprint density at radius 1 is 1.18 bits per heavy atom. The lowest BCUT2D eigenvalue weighted by atomic mass is 10.0. The van der Waals surface area contributed by atoms with Gasteiger partial charge in [0.15, 0.2) is 0 Å². The van der Waals surface area contributed by atoms with Crippen molar-refractivity contribution in [2.45, 2.75) is 26.4 Å². The second-order valence-corrected chi connectivity index (χ2v) is 6.91. The predicted molar refractivity (Wildman–Crippen MR) is 95.5 cm³/mol. The third kappa shape index (κ3) is 4.57. The molecule has 1 atom stereocenters. The Kier molecular flexibility index (Phi) is 6.43. The molecular weight excluding hydrogens is 292 g/mol. The number of hydrogen-bond acceptors (Lipinski definition) is 4. The van der Waals surface area contributed by atoms with E-state index in [0.717, 1.165) is 12.2 Å². The van der Waals surface area contributed by atoms with Crippen molar-refractivity contribution in [2.75, 3.05) is 25.1 Å². The summed E-state index contributed by atoms with van der Waals surface area (Å²) in [5, 5.41) is 14.8. The molecule has 1 aromatic heterocycles. The average molecular weight is 318 g/mol. The summed E-state index contributed by atoms with van der Waals surface area (Å²) in [4.78, 5) is 3.45. The van der Waals surface area contributed by atoms with Gasteiger partial charge >= 0.3 is 0 Å². The molecule has 0 spiro atoms. The van der Waals surface area contributed by atoms with Crippen LogP contribution in [-0.2, 0) is 6.54 Å². The standard InChI is InChI=1S/C18H26N2OS/c1-14(2)18(17-5-4-12-22-17)19-13-15-6-8-16(9-7-15)20(3)10-11-21/h4-9,12,14,18-19,21H,10-11,13H2,1-3H3. The van der Waals surface area contributed by atoms with Crippen molar-refractivity contribution in [1.82, 2.24) is 5.32 Å². The number of rotatable bonds is 8. The van der Waals surface area contributed by atoms with Crippen LogP contribution in [0.1, 0.15) is 30.3 Å². The smallest absolute Gasteiger partial charge is 0.0606 e. The molecule has 0 fully saturated rings. The van der Waals surface area contributed by atoms with Crippen molar-refractivity contribution in [1.29, 1.82) is 0 Å². The zero-order valence-corrected chi connectivity index (χ0v) is 14.4. The molecule has 0 aliphatic carbocycles. The summed E-state index contributed by atoms with van der Waals surface area (Å²) in [5.74, 6) is 0.564. The summed E-state index contributed by atoms with van der Waals surface area (Å²) >= 11 is 1.81. The van der Waals surface area contributed by atoms with E-state index in [1.807, 2.05) is 18.4 Å². The largest absolute Gasteiger partial charge is 0.395 e. The van der Waals surface area contributed by atoms with Crippen LogP contribution in [-0.4, -0.2) is 25.3 Å². The molecule has 0 aliphatic heterocycles. The minimum absolute atomic E-state index is 0.177. The minimum atomic E-state index is 0.177. The number of aliphatic hydroxyl groups is 1. The van der Waals surface area contributed by atoms with Crippen LogP contribution >= 0.6 is 11.3 Å². The number of hydrogen-bond donors (Lipinski definition) is 2. The number of anilines is 1. The fourth-order valence-corrected chi connectivity index (χ4v) is 3.48. The van der Waals surface area contributed by atoms with Gasteiger partial charge in [-0.1, -0.05) is 32.0 Å². The molecule has 0 radical (unpaired) electrons. The number of likely N-dealkylation sites (N-methyl/N-ethyl adjacent to an activating group) is 1. The molecule has 1 aromatic carbocycles. The van der Waals surface area contributed by atoms with Gasteiger partial charge in [-0.15, -0.1) is 11.3 Å². The van der Waals surface area contributed by atoms with Gasteiger partial charge in [-0.05, 0) is 35.1 Å². The molecule has 0 saturated heterocycles. The van der Waals surface area contributed by atoms with Crippen LogP contribution in [0.25, 0.3) is 0 Å². The molecular formula is C18H26N2OS. The van der Waals surface area contributed by atoms with Crippen LogP contribution < -0.4 is 10.2 Å². The van der Waals surface area contributed by atoms with E-state index in [0.29, 0.717) is 18.5 Å².